The third kappa shape index (κ3) is 5.95. The molecule has 0 spiro atoms. The molecule has 2 atom stereocenters. The number of pyridine rings is 1. The molecule has 1 aliphatic carbocycles. The SMILES string of the molecule is CCNc1cccc(C(=O)Oc2c(C(=O)CC)ccc(F)c2C2CC2NC(=O)Nc2ccc(C#N)cn2)c1. The molecule has 0 saturated heterocycles. The third-order valence-corrected chi connectivity index (χ3v) is 6.05. The van der Waals surface area contributed by atoms with E-state index in [4.69, 9.17) is 10.00 Å². The van der Waals surface area contributed by atoms with Crippen molar-refractivity contribution >= 4 is 29.3 Å². The minimum absolute atomic E-state index is 0.0716. The molecular formula is C28H26FN5O4. The quantitative estimate of drug-likeness (QED) is 0.207. The first-order valence-corrected chi connectivity index (χ1v) is 12.2. The number of ketones is 1. The first-order chi connectivity index (χ1) is 18.3. The first-order valence-electron chi connectivity index (χ1n) is 12.2. The predicted molar refractivity (Wildman–Crippen MR) is 139 cm³/mol. The van der Waals surface area contributed by atoms with E-state index in [1.54, 1.807) is 31.2 Å². The molecule has 1 aromatic heterocycles. The lowest BCUT2D eigenvalue weighted by molar-refractivity contribution is 0.0730. The number of hydrogen-bond acceptors (Lipinski definition) is 7. The number of anilines is 2. The van der Waals surface area contributed by atoms with E-state index in [2.05, 4.69) is 20.9 Å². The van der Waals surface area contributed by atoms with Gasteiger partial charge in [0.1, 0.15) is 23.5 Å². The minimum atomic E-state index is -0.725. The van der Waals surface area contributed by atoms with Gasteiger partial charge < -0.3 is 15.4 Å². The second-order valence-corrected chi connectivity index (χ2v) is 8.71. The molecule has 2 amide bonds. The zero-order valence-electron chi connectivity index (χ0n) is 20.9. The highest BCUT2D eigenvalue weighted by Crippen LogP contribution is 2.47. The van der Waals surface area contributed by atoms with Crippen LogP contribution >= 0.6 is 0 Å². The van der Waals surface area contributed by atoms with Crippen LogP contribution in [0.25, 0.3) is 0 Å². The van der Waals surface area contributed by atoms with E-state index in [0.717, 1.165) is 5.69 Å². The van der Waals surface area contributed by atoms with Gasteiger partial charge in [-0.15, -0.1) is 0 Å². The lowest BCUT2D eigenvalue weighted by Crippen LogP contribution is -2.31. The predicted octanol–water partition coefficient (Wildman–Crippen LogP) is 5.01. The Kier molecular flexibility index (Phi) is 7.97. The molecule has 38 heavy (non-hydrogen) atoms. The summed E-state index contributed by atoms with van der Waals surface area (Å²) in [5.74, 6) is -2.05. The maximum absolute atomic E-state index is 15.2. The third-order valence-electron chi connectivity index (χ3n) is 6.05. The molecule has 1 heterocycles. The van der Waals surface area contributed by atoms with Gasteiger partial charge in [0.15, 0.2) is 5.78 Å². The Labute approximate surface area is 219 Å². The molecule has 0 aliphatic heterocycles. The van der Waals surface area contributed by atoms with Gasteiger partial charge in [-0.1, -0.05) is 13.0 Å². The number of aromatic nitrogens is 1. The summed E-state index contributed by atoms with van der Waals surface area (Å²) in [6, 6.07) is 13.1. The lowest BCUT2D eigenvalue weighted by atomic mass is 9.99. The Morgan fingerprint density at radius 1 is 1.16 bits per heavy atom. The molecule has 0 bridgehead atoms. The van der Waals surface area contributed by atoms with Crippen LogP contribution in [0.2, 0.25) is 0 Å². The number of esters is 1. The number of rotatable bonds is 9. The second-order valence-electron chi connectivity index (χ2n) is 8.71. The lowest BCUT2D eigenvalue weighted by Gasteiger charge is -2.16. The minimum Gasteiger partial charge on any atom is -0.422 e. The maximum atomic E-state index is 15.2. The van der Waals surface area contributed by atoms with Crippen molar-refractivity contribution in [3.63, 3.8) is 0 Å². The molecule has 0 radical (unpaired) electrons. The number of benzene rings is 2. The Balaban J connectivity index is 1.55. The number of carbonyl (C=O) groups is 3. The van der Waals surface area contributed by atoms with Gasteiger partial charge in [0.05, 0.1) is 16.7 Å². The van der Waals surface area contributed by atoms with Crippen molar-refractivity contribution in [1.29, 1.82) is 5.26 Å². The molecule has 2 aromatic carbocycles. The van der Waals surface area contributed by atoms with Crippen molar-refractivity contribution in [3.05, 3.63) is 82.8 Å². The van der Waals surface area contributed by atoms with Gasteiger partial charge in [0, 0.05) is 42.4 Å². The average molecular weight is 516 g/mol. The molecular weight excluding hydrogens is 489 g/mol. The van der Waals surface area contributed by atoms with Crippen LogP contribution in [-0.4, -0.2) is 35.4 Å². The van der Waals surface area contributed by atoms with E-state index < -0.39 is 29.8 Å². The number of nitrogens with one attached hydrogen (secondary N) is 3. The number of carbonyl (C=O) groups excluding carboxylic acids is 3. The summed E-state index contributed by atoms with van der Waals surface area (Å²) < 4.78 is 20.8. The van der Waals surface area contributed by atoms with Crippen molar-refractivity contribution in [2.24, 2.45) is 0 Å². The molecule has 1 fully saturated rings. The summed E-state index contributed by atoms with van der Waals surface area (Å²) in [5, 5.41) is 17.3. The number of Topliss-reactive ketones (excluding diaryl/α,β-unsaturated/α-hetero) is 1. The maximum Gasteiger partial charge on any atom is 0.343 e. The smallest absolute Gasteiger partial charge is 0.343 e. The van der Waals surface area contributed by atoms with Gasteiger partial charge in [-0.25, -0.2) is 19.0 Å². The molecule has 194 valence electrons. The van der Waals surface area contributed by atoms with Gasteiger partial charge in [-0.3, -0.25) is 10.1 Å². The molecule has 1 saturated carbocycles. The highest BCUT2D eigenvalue weighted by atomic mass is 19.1. The fourth-order valence-corrected chi connectivity index (χ4v) is 4.08. The van der Waals surface area contributed by atoms with E-state index in [9.17, 15) is 14.4 Å². The van der Waals surface area contributed by atoms with Crippen LogP contribution in [0.1, 0.15) is 64.4 Å². The number of ether oxygens (including phenoxy) is 1. The summed E-state index contributed by atoms with van der Waals surface area (Å²) in [6.07, 6.45) is 1.85. The van der Waals surface area contributed by atoms with E-state index in [0.29, 0.717) is 18.5 Å². The van der Waals surface area contributed by atoms with Crippen LogP contribution in [0, 0.1) is 17.1 Å². The van der Waals surface area contributed by atoms with Crippen molar-refractivity contribution in [2.45, 2.75) is 38.6 Å². The van der Waals surface area contributed by atoms with Crippen LogP contribution in [0.15, 0.2) is 54.7 Å². The molecule has 4 rings (SSSR count). The molecule has 1 aliphatic rings. The van der Waals surface area contributed by atoms with Gasteiger partial charge in [0.25, 0.3) is 0 Å². The van der Waals surface area contributed by atoms with Crippen molar-refractivity contribution in [3.8, 4) is 11.8 Å². The fourth-order valence-electron chi connectivity index (χ4n) is 4.08. The largest absolute Gasteiger partial charge is 0.422 e. The van der Waals surface area contributed by atoms with E-state index >= 15 is 4.39 Å². The summed E-state index contributed by atoms with van der Waals surface area (Å²) >= 11 is 0. The molecule has 3 N–H and O–H groups in total. The fraction of sp³-hybridized carbons (Fsp3) is 0.250. The molecule has 2 unspecified atom stereocenters. The second kappa shape index (κ2) is 11.5. The zero-order chi connectivity index (χ0) is 27.2. The standard InChI is InChI=1S/C28H26FN5O4/c1-3-23(35)19-9-10-21(29)25(26(19)38-27(36)17-6-5-7-18(12-17)31-4-2)20-13-22(20)33-28(37)34-24-11-8-16(14-30)15-32-24/h5-12,15,20,22,31H,3-4,13H2,1-2H3,(H2,32,33,34,37). The highest BCUT2D eigenvalue weighted by molar-refractivity contribution is 6.01. The number of urea groups is 1. The monoisotopic (exact) mass is 515 g/mol. The van der Waals surface area contributed by atoms with Gasteiger partial charge in [-0.05, 0) is 55.8 Å². The van der Waals surface area contributed by atoms with Crippen LogP contribution in [0.3, 0.4) is 0 Å². The van der Waals surface area contributed by atoms with Crippen molar-refractivity contribution in [1.82, 2.24) is 10.3 Å². The molecule has 9 nitrogen and oxygen atoms in total. The van der Waals surface area contributed by atoms with Gasteiger partial charge in [-0.2, -0.15) is 5.26 Å². The number of halogens is 1. The van der Waals surface area contributed by atoms with E-state index in [1.807, 2.05) is 13.0 Å². The summed E-state index contributed by atoms with van der Waals surface area (Å²) in [4.78, 5) is 42.2. The van der Waals surface area contributed by atoms with E-state index in [-0.39, 0.29) is 40.5 Å². The highest BCUT2D eigenvalue weighted by Gasteiger charge is 2.44. The topological polar surface area (TPSA) is 133 Å². The number of amides is 2. The number of nitriles is 1. The zero-order valence-corrected chi connectivity index (χ0v) is 20.9. The molecule has 3 aromatic rings. The summed E-state index contributed by atoms with van der Waals surface area (Å²) in [7, 11) is 0. The first kappa shape index (κ1) is 26.3. The van der Waals surface area contributed by atoms with Gasteiger partial charge in [0.2, 0.25) is 0 Å². The summed E-state index contributed by atoms with van der Waals surface area (Å²) in [5.41, 5.74) is 1.50. The van der Waals surface area contributed by atoms with Crippen molar-refractivity contribution in [2.75, 3.05) is 17.2 Å². The van der Waals surface area contributed by atoms with E-state index in [1.165, 1.54) is 30.5 Å². The number of hydrogen-bond donors (Lipinski definition) is 3. The van der Waals surface area contributed by atoms with Gasteiger partial charge >= 0.3 is 12.0 Å². The van der Waals surface area contributed by atoms with Crippen molar-refractivity contribution < 1.29 is 23.5 Å². The Morgan fingerprint density at radius 2 is 1.97 bits per heavy atom. The molecule has 10 heteroatoms. The van der Waals surface area contributed by atoms with Crippen LogP contribution in [0.4, 0.5) is 20.7 Å². The van der Waals surface area contributed by atoms with Crippen LogP contribution in [0.5, 0.6) is 5.75 Å². The number of nitrogens with zero attached hydrogens (tertiary/aromatic N) is 2. The van der Waals surface area contributed by atoms with Crippen LogP contribution in [-0.2, 0) is 0 Å². The summed E-state index contributed by atoms with van der Waals surface area (Å²) in [6.45, 7) is 4.25. The Hall–Kier alpha value is -4.78. The normalized spacial score (nSPS) is 15.6. The Bertz CT molecular complexity index is 1420. The van der Waals surface area contributed by atoms with Crippen LogP contribution < -0.4 is 20.7 Å². The Morgan fingerprint density at radius 3 is 2.66 bits per heavy atom. The average Bonchev–Trinajstić information content (AvgIpc) is 3.67.